The van der Waals surface area contributed by atoms with E-state index in [4.69, 9.17) is 9.52 Å². The second kappa shape index (κ2) is 13.6. The van der Waals surface area contributed by atoms with Crippen molar-refractivity contribution in [1.82, 2.24) is 25.7 Å². The van der Waals surface area contributed by atoms with Gasteiger partial charge in [0.15, 0.2) is 11.7 Å². The largest absolute Gasteiger partial charge is 0.359 e. The first-order valence-electron chi connectivity index (χ1n) is 11.5. The Morgan fingerprint density at radius 1 is 1.12 bits per heavy atom. The van der Waals surface area contributed by atoms with E-state index in [1.54, 1.807) is 0 Å². The molecule has 2 aromatic rings. The van der Waals surface area contributed by atoms with E-state index in [1.807, 2.05) is 12.3 Å². The van der Waals surface area contributed by atoms with E-state index < -0.39 is 0 Å². The first-order chi connectivity index (χ1) is 15.1. The fourth-order valence-electron chi connectivity index (χ4n) is 3.76. The molecule has 0 unspecified atom stereocenters. The summed E-state index contributed by atoms with van der Waals surface area (Å²) >= 11 is 0. The zero-order chi connectivity index (χ0) is 22.1. The zero-order valence-electron chi connectivity index (χ0n) is 19.8. The van der Waals surface area contributed by atoms with E-state index in [0.717, 1.165) is 74.4 Å². The van der Waals surface area contributed by atoms with Crippen molar-refractivity contribution in [3.8, 4) is 0 Å². The topological polar surface area (TPSA) is 81.8 Å². The molecule has 0 aromatic carbocycles. The lowest BCUT2D eigenvalue weighted by atomic mass is 9.99. The van der Waals surface area contributed by atoms with Crippen LogP contribution < -0.4 is 15.5 Å². The molecule has 3 heterocycles. The normalized spacial score (nSPS) is 15.0. The second-order valence-electron chi connectivity index (χ2n) is 8.09. The number of aliphatic imine (C=N–C) groups is 1. The van der Waals surface area contributed by atoms with Gasteiger partial charge in [-0.05, 0) is 44.5 Å². The molecule has 8 nitrogen and oxygen atoms in total. The molecule has 1 aliphatic rings. The minimum atomic E-state index is 0. The van der Waals surface area contributed by atoms with Crippen LogP contribution in [0.3, 0.4) is 0 Å². The Bertz CT molecular complexity index is 829. The fraction of sp³-hybridized carbons (Fsp3) is 0.609. The highest BCUT2D eigenvalue weighted by molar-refractivity contribution is 14.0. The SMILES string of the molecule is CCNC(=NCc1ccnc(N2CCN(C)CC2)c1)NCc1cc(C(CC)CC)no1.I. The molecule has 1 aliphatic heterocycles. The monoisotopic (exact) mass is 555 g/mol. The maximum Gasteiger partial charge on any atom is 0.191 e. The molecule has 1 saturated heterocycles. The number of rotatable bonds is 9. The van der Waals surface area contributed by atoms with Gasteiger partial charge in [-0.3, -0.25) is 0 Å². The summed E-state index contributed by atoms with van der Waals surface area (Å²) in [5, 5.41) is 10.9. The van der Waals surface area contributed by atoms with Gasteiger partial charge in [-0.15, -0.1) is 24.0 Å². The molecule has 0 bridgehead atoms. The highest BCUT2D eigenvalue weighted by atomic mass is 127. The van der Waals surface area contributed by atoms with Crippen LogP contribution >= 0.6 is 24.0 Å². The van der Waals surface area contributed by atoms with Crippen molar-refractivity contribution in [3.05, 3.63) is 41.4 Å². The van der Waals surface area contributed by atoms with E-state index >= 15 is 0 Å². The molecule has 1 fully saturated rings. The Morgan fingerprint density at radius 3 is 2.56 bits per heavy atom. The lowest BCUT2D eigenvalue weighted by Gasteiger charge is -2.33. The number of pyridine rings is 1. The lowest BCUT2D eigenvalue weighted by Crippen LogP contribution is -2.44. The van der Waals surface area contributed by atoms with Crippen LogP contribution in [0, 0.1) is 0 Å². The third-order valence-electron chi connectivity index (χ3n) is 5.81. The fourth-order valence-corrected chi connectivity index (χ4v) is 3.76. The molecule has 0 radical (unpaired) electrons. The smallest absolute Gasteiger partial charge is 0.191 e. The molecule has 0 aliphatic carbocycles. The molecule has 32 heavy (non-hydrogen) atoms. The van der Waals surface area contributed by atoms with Gasteiger partial charge in [0.25, 0.3) is 0 Å². The number of hydrogen-bond donors (Lipinski definition) is 2. The summed E-state index contributed by atoms with van der Waals surface area (Å²) in [6, 6.07) is 6.24. The highest BCUT2D eigenvalue weighted by Gasteiger charge is 2.16. The number of piperazine rings is 1. The number of likely N-dealkylation sites (N-methyl/N-ethyl adjacent to an activating group) is 1. The van der Waals surface area contributed by atoms with E-state index in [-0.39, 0.29) is 24.0 Å². The molecule has 178 valence electrons. The van der Waals surface area contributed by atoms with Gasteiger partial charge in [-0.25, -0.2) is 9.98 Å². The van der Waals surface area contributed by atoms with Crippen LogP contribution in [0.1, 0.15) is 56.5 Å². The molecular weight excluding hydrogens is 517 g/mol. The van der Waals surface area contributed by atoms with E-state index in [0.29, 0.717) is 19.0 Å². The molecule has 9 heteroatoms. The highest BCUT2D eigenvalue weighted by Crippen LogP contribution is 2.22. The standard InChI is InChI=1S/C23H37N7O.HI/c1-5-19(6-2)21-15-20(31-28-21)17-27-23(24-7-3)26-16-18-8-9-25-22(14-18)30-12-10-29(4)11-13-30;/h8-9,14-15,19H,5-7,10-13,16-17H2,1-4H3,(H2,24,26,27);1H. The lowest BCUT2D eigenvalue weighted by molar-refractivity contribution is 0.312. The van der Waals surface area contributed by atoms with Gasteiger partial charge >= 0.3 is 0 Å². The number of anilines is 1. The van der Waals surface area contributed by atoms with E-state index in [9.17, 15) is 0 Å². The summed E-state index contributed by atoms with van der Waals surface area (Å²) in [7, 11) is 2.16. The molecule has 0 atom stereocenters. The number of halogens is 1. The van der Waals surface area contributed by atoms with Gasteiger partial charge in [0.05, 0.1) is 18.8 Å². The Labute approximate surface area is 209 Å². The number of nitrogens with zero attached hydrogens (tertiary/aromatic N) is 5. The van der Waals surface area contributed by atoms with Crippen LogP contribution in [0.5, 0.6) is 0 Å². The first-order valence-corrected chi connectivity index (χ1v) is 11.5. The summed E-state index contributed by atoms with van der Waals surface area (Å²) in [5.41, 5.74) is 2.19. The van der Waals surface area contributed by atoms with Crippen LogP contribution in [0.25, 0.3) is 0 Å². The molecule has 3 rings (SSSR count). The Kier molecular flexibility index (Phi) is 11.2. The van der Waals surface area contributed by atoms with Crippen molar-refractivity contribution < 1.29 is 4.52 Å². The average Bonchev–Trinajstić information content (AvgIpc) is 3.26. The molecule has 0 saturated carbocycles. The summed E-state index contributed by atoms with van der Waals surface area (Å²) in [6.07, 6.45) is 4.02. The first kappa shape index (κ1) is 26.4. The molecule has 2 N–H and O–H groups in total. The van der Waals surface area contributed by atoms with Crippen molar-refractivity contribution in [1.29, 1.82) is 0 Å². The van der Waals surface area contributed by atoms with E-state index in [2.05, 4.69) is 70.5 Å². The third kappa shape index (κ3) is 7.61. The van der Waals surface area contributed by atoms with Gasteiger partial charge in [0, 0.05) is 50.9 Å². The Hall–Kier alpha value is -1.88. The van der Waals surface area contributed by atoms with Crippen LogP contribution in [0.15, 0.2) is 33.9 Å². The molecule has 0 amide bonds. The van der Waals surface area contributed by atoms with Crippen LogP contribution in [0.4, 0.5) is 5.82 Å². The quantitative estimate of drug-likeness (QED) is 0.278. The number of guanidine groups is 1. The third-order valence-corrected chi connectivity index (χ3v) is 5.81. The van der Waals surface area contributed by atoms with Gasteiger partial charge in [0.1, 0.15) is 5.82 Å². The Morgan fingerprint density at radius 2 is 1.88 bits per heavy atom. The van der Waals surface area contributed by atoms with Crippen LogP contribution in [-0.2, 0) is 13.1 Å². The van der Waals surface area contributed by atoms with Crippen molar-refractivity contribution in [2.75, 3.05) is 44.7 Å². The van der Waals surface area contributed by atoms with Gasteiger partial charge in [0.2, 0.25) is 0 Å². The summed E-state index contributed by atoms with van der Waals surface area (Å²) in [5.74, 6) is 3.09. The minimum Gasteiger partial charge on any atom is -0.359 e. The molecular formula is C23H38IN7O. The van der Waals surface area contributed by atoms with Gasteiger partial charge in [-0.2, -0.15) is 0 Å². The Balaban J connectivity index is 0.00000363. The van der Waals surface area contributed by atoms with Crippen LogP contribution in [-0.4, -0.2) is 60.8 Å². The van der Waals surface area contributed by atoms with Crippen molar-refractivity contribution in [3.63, 3.8) is 0 Å². The molecule has 0 spiro atoms. The number of hydrogen-bond acceptors (Lipinski definition) is 6. The maximum absolute atomic E-state index is 5.52. The van der Waals surface area contributed by atoms with Crippen molar-refractivity contribution in [2.45, 2.75) is 52.6 Å². The van der Waals surface area contributed by atoms with E-state index in [1.165, 1.54) is 0 Å². The predicted molar refractivity (Wildman–Crippen MR) is 141 cm³/mol. The summed E-state index contributed by atoms with van der Waals surface area (Å²) < 4.78 is 5.52. The van der Waals surface area contributed by atoms with Crippen LogP contribution in [0.2, 0.25) is 0 Å². The predicted octanol–water partition coefficient (Wildman–Crippen LogP) is 3.60. The summed E-state index contributed by atoms with van der Waals surface area (Å²) in [4.78, 5) is 14.0. The molecule has 2 aromatic heterocycles. The summed E-state index contributed by atoms with van der Waals surface area (Å²) in [6.45, 7) is 12.5. The average molecular weight is 556 g/mol. The van der Waals surface area contributed by atoms with Crippen molar-refractivity contribution >= 4 is 35.8 Å². The van der Waals surface area contributed by atoms with Gasteiger partial charge < -0.3 is 25.0 Å². The van der Waals surface area contributed by atoms with Crippen molar-refractivity contribution in [2.24, 2.45) is 4.99 Å². The van der Waals surface area contributed by atoms with Gasteiger partial charge in [-0.1, -0.05) is 19.0 Å². The second-order valence-corrected chi connectivity index (χ2v) is 8.09. The zero-order valence-corrected chi connectivity index (χ0v) is 22.1. The number of aromatic nitrogens is 2. The maximum atomic E-state index is 5.52. The number of nitrogens with one attached hydrogen (secondary N) is 2. The minimum absolute atomic E-state index is 0.